The summed E-state index contributed by atoms with van der Waals surface area (Å²) in [5.74, 6) is 2.39. The second-order valence-electron chi connectivity index (χ2n) is 5.83. The number of anilines is 2. The molecule has 2 heterocycles. The predicted molar refractivity (Wildman–Crippen MR) is 91.9 cm³/mol. The summed E-state index contributed by atoms with van der Waals surface area (Å²) < 4.78 is 11.2. The Kier molecular flexibility index (Phi) is 3.30. The van der Waals surface area contributed by atoms with Gasteiger partial charge in [-0.05, 0) is 49.7 Å². The molecule has 0 spiro atoms. The summed E-state index contributed by atoms with van der Waals surface area (Å²) in [6.07, 6.45) is 0. The molecule has 2 aromatic carbocycles. The molecule has 116 valence electrons. The van der Waals surface area contributed by atoms with Crippen molar-refractivity contribution < 1.29 is 9.47 Å². The number of pyridine rings is 1. The van der Waals surface area contributed by atoms with Crippen LogP contribution in [0.5, 0.6) is 11.5 Å². The first kappa shape index (κ1) is 13.9. The van der Waals surface area contributed by atoms with E-state index in [1.54, 1.807) is 0 Å². The molecular formula is C19H18N2O2. The van der Waals surface area contributed by atoms with E-state index in [9.17, 15) is 0 Å². The molecule has 0 unspecified atom stereocenters. The second kappa shape index (κ2) is 5.47. The highest BCUT2D eigenvalue weighted by Gasteiger charge is 2.12. The van der Waals surface area contributed by atoms with Crippen LogP contribution in [0.15, 0.2) is 42.5 Å². The number of benzene rings is 2. The molecule has 0 saturated carbocycles. The van der Waals surface area contributed by atoms with E-state index >= 15 is 0 Å². The lowest BCUT2D eigenvalue weighted by Gasteiger charge is -2.19. The average molecular weight is 306 g/mol. The molecular weight excluding hydrogens is 288 g/mol. The Balaban J connectivity index is 1.68. The van der Waals surface area contributed by atoms with Crippen LogP contribution < -0.4 is 14.8 Å². The fourth-order valence-electron chi connectivity index (χ4n) is 2.84. The minimum absolute atomic E-state index is 0.586. The maximum absolute atomic E-state index is 5.62. The Morgan fingerprint density at radius 2 is 1.74 bits per heavy atom. The van der Waals surface area contributed by atoms with Gasteiger partial charge in [0.05, 0.1) is 5.52 Å². The minimum atomic E-state index is 0.586. The fourth-order valence-corrected chi connectivity index (χ4v) is 2.84. The summed E-state index contributed by atoms with van der Waals surface area (Å²) in [7, 11) is 0. The molecule has 4 heteroatoms. The number of aryl methyl sites for hydroxylation is 2. The summed E-state index contributed by atoms with van der Waals surface area (Å²) in [5.41, 5.74) is 4.39. The molecule has 0 bridgehead atoms. The Hall–Kier alpha value is -2.75. The number of hydrogen-bond acceptors (Lipinski definition) is 4. The maximum Gasteiger partial charge on any atom is 0.163 e. The minimum Gasteiger partial charge on any atom is -0.486 e. The van der Waals surface area contributed by atoms with Gasteiger partial charge >= 0.3 is 0 Å². The van der Waals surface area contributed by atoms with Crippen LogP contribution in [-0.2, 0) is 0 Å². The van der Waals surface area contributed by atoms with Gasteiger partial charge < -0.3 is 14.8 Å². The van der Waals surface area contributed by atoms with Crippen LogP contribution in [0.1, 0.15) is 11.1 Å². The summed E-state index contributed by atoms with van der Waals surface area (Å²) in [5, 5.41) is 4.55. The van der Waals surface area contributed by atoms with Gasteiger partial charge in [-0.1, -0.05) is 11.6 Å². The standard InChI is InChI=1S/C19H18N2O2/c1-12-3-5-16-15(9-12)13(2)10-19(21-16)20-14-4-6-17-18(11-14)23-8-7-22-17/h3-6,9-11H,7-8H2,1-2H3,(H,20,21). The van der Waals surface area contributed by atoms with Crippen LogP contribution in [0.2, 0.25) is 0 Å². The number of fused-ring (bicyclic) bond motifs is 2. The number of aromatic nitrogens is 1. The molecule has 1 aliphatic heterocycles. The molecule has 4 nitrogen and oxygen atoms in total. The summed E-state index contributed by atoms with van der Waals surface area (Å²) >= 11 is 0. The van der Waals surface area contributed by atoms with Crippen LogP contribution in [0.4, 0.5) is 11.5 Å². The first-order valence-electron chi connectivity index (χ1n) is 7.74. The van der Waals surface area contributed by atoms with Gasteiger partial charge in [-0.2, -0.15) is 0 Å². The highest BCUT2D eigenvalue weighted by Crippen LogP contribution is 2.33. The molecule has 0 radical (unpaired) electrons. The van der Waals surface area contributed by atoms with E-state index in [0.717, 1.165) is 28.5 Å². The zero-order chi connectivity index (χ0) is 15.8. The quantitative estimate of drug-likeness (QED) is 0.763. The zero-order valence-corrected chi connectivity index (χ0v) is 13.2. The molecule has 1 aromatic heterocycles. The molecule has 0 aliphatic carbocycles. The van der Waals surface area contributed by atoms with Crippen molar-refractivity contribution in [3.8, 4) is 11.5 Å². The molecule has 23 heavy (non-hydrogen) atoms. The number of hydrogen-bond donors (Lipinski definition) is 1. The summed E-state index contributed by atoms with van der Waals surface area (Å²) in [6.45, 7) is 5.40. The molecule has 0 fully saturated rings. The van der Waals surface area contributed by atoms with E-state index in [-0.39, 0.29) is 0 Å². The van der Waals surface area contributed by atoms with Crippen LogP contribution in [-0.4, -0.2) is 18.2 Å². The Morgan fingerprint density at radius 1 is 0.913 bits per heavy atom. The van der Waals surface area contributed by atoms with E-state index in [2.05, 4.69) is 43.4 Å². The fraction of sp³-hybridized carbons (Fsp3) is 0.211. The lowest BCUT2D eigenvalue weighted by molar-refractivity contribution is 0.171. The van der Waals surface area contributed by atoms with Gasteiger partial charge in [0.2, 0.25) is 0 Å². The zero-order valence-electron chi connectivity index (χ0n) is 13.2. The number of ether oxygens (including phenoxy) is 2. The monoisotopic (exact) mass is 306 g/mol. The van der Waals surface area contributed by atoms with Gasteiger partial charge in [0.25, 0.3) is 0 Å². The predicted octanol–water partition coefficient (Wildman–Crippen LogP) is 4.37. The third kappa shape index (κ3) is 2.68. The van der Waals surface area contributed by atoms with Gasteiger partial charge in [-0.15, -0.1) is 0 Å². The van der Waals surface area contributed by atoms with Crippen LogP contribution in [0.3, 0.4) is 0 Å². The second-order valence-corrected chi connectivity index (χ2v) is 5.83. The van der Waals surface area contributed by atoms with Crippen molar-refractivity contribution >= 4 is 22.4 Å². The summed E-state index contributed by atoms with van der Waals surface area (Å²) in [4.78, 5) is 4.70. The SMILES string of the molecule is Cc1ccc2nc(Nc3ccc4c(c3)OCCO4)cc(C)c2c1. The third-order valence-electron chi connectivity index (χ3n) is 3.99. The van der Waals surface area contributed by atoms with E-state index in [1.165, 1.54) is 16.5 Å². The largest absolute Gasteiger partial charge is 0.486 e. The number of rotatable bonds is 2. The van der Waals surface area contributed by atoms with Crippen molar-refractivity contribution in [3.05, 3.63) is 53.6 Å². The molecule has 3 aromatic rings. The molecule has 4 rings (SSSR count). The van der Waals surface area contributed by atoms with E-state index in [0.29, 0.717) is 13.2 Å². The number of nitrogens with one attached hydrogen (secondary N) is 1. The topological polar surface area (TPSA) is 43.4 Å². The van der Waals surface area contributed by atoms with Gasteiger partial charge in [0, 0.05) is 17.1 Å². The van der Waals surface area contributed by atoms with E-state index in [1.807, 2.05) is 18.2 Å². The van der Waals surface area contributed by atoms with E-state index < -0.39 is 0 Å². The van der Waals surface area contributed by atoms with Crippen molar-refractivity contribution in [1.82, 2.24) is 4.98 Å². The molecule has 0 atom stereocenters. The summed E-state index contributed by atoms with van der Waals surface area (Å²) in [6, 6.07) is 14.2. The van der Waals surface area contributed by atoms with Crippen molar-refractivity contribution in [2.45, 2.75) is 13.8 Å². The Morgan fingerprint density at radius 3 is 2.61 bits per heavy atom. The van der Waals surface area contributed by atoms with Crippen LogP contribution in [0, 0.1) is 13.8 Å². The van der Waals surface area contributed by atoms with Gasteiger partial charge in [0.15, 0.2) is 11.5 Å². The van der Waals surface area contributed by atoms with Crippen molar-refractivity contribution in [2.24, 2.45) is 0 Å². The molecule has 0 saturated heterocycles. The molecule has 0 amide bonds. The average Bonchev–Trinajstić information content (AvgIpc) is 2.55. The maximum atomic E-state index is 5.62. The first-order chi connectivity index (χ1) is 11.2. The first-order valence-corrected chi connectivity index (χ1v) is 7.74. The normalized spacial score (nSPS) is 13.1. The van der Waals surface area contributed by atoms with Crippen LogP contribution >= 0.6 is 0 Å². The molecule has 1 N–H and O–H groups in total. The van der Waals surface area contributed by atoms with Crippen molar-refractivity contribution in [2.75, 3.05) is 18.5 Å². The third-order valence-corrected chi connectivity index (χ3v) is 3.99. The Bertz CT molecular complexity index is 890. The highest BCUT2D eigenvalue weighted by atomic mass is 16.6. The lowest BCUT2D eigenvalue weighted by atomic mass is 10.1. The van der Waals surface area contributed by atoms with Gasteiger partial charge in [-0.3, -0.25) is 0 Å². The Labute approximate surface area is 135 Å². The number of nitrogens with zero attached hydrogens (tertiary/aromatic N) is 1. The van der Waals surface area contributed by atoms with Crippen LogP contribution in [0.25, 0.3) is 10.9 Å². The van der Waals surface area contributed by atoms with Crippen molar-refractivity contribution in [3.63, 3.8) is 0 Å². The highest BCUT2D eigenvalue weighted by molar-refractivity contribution is 5.85. The van der Waals surface area contributed by atoms with Gasteiger partial charge in [-0.25, -0.2) is 4.98 Å². The van der Waals surface area contributed by atoms with E-state index in [4.69, 9.17) is 14.5 Å². The smallest absolute Gasteiger partial charge is 0.163 e. The van der Waals surface area contributed by atoms with Crippen molar-refractivity contribution in [1.29, 1.82) is 0 Å². The lowest BCUT2D eigenvalue weighted by Crippen LogP contribution is -2.15. The van der Waals surface area contributed by atoms with Gasteiger partial charge in [0.1, 0.15) is 19.0 Å². The molecule has 1 aliphatic rings.